The summed E-state index contributed by atoms with van der Waals surface area (Å²) in [6.07, 6.45) is -0.0421. The van der Waals surface area contributed by atoms with Crippen LogP contribution in [0.2, 0.25) is 0 Å². The molecule has 4 nitrogen and oxygen atoms in total. The fourth-order valence-corrected chi connectivity index (χ4v) is 1.32. The Morgan fingerprint density at radius 3 is 2.77 bits per heavy atom. The van der Waals surface area contributed by atoms with Crippen LogP contribution in [-0.4, -0.2) is 36.4 Å². The Labute approximate surface area is 78.3 Å². The van der Waals surface area contributed by atoms with E-state index in [1.54, 1.807) is 0 Å². The molecule has 1 saturated heterocycles. The number of aliphatic hydroxyl groups excluding tert-OH is 1. The van der Waals surface area contributed by atoms with E-state index in [1.165, 1.54) is 0 Å². The molecule has 1 aliphatic rings. The predicted molar refractivity (Wildman–Crippen MR) is 48.2 cm³/mol. The topological polar surface area (TPSA) is 58.6 Å². The van der Waals surface area contributed by atoms with Gasteiger partial charge in [-0.2, -0.15) is 0 Å². The molecule has 2 atom stereocenters. The highest BCUT2D eigenvalue weighted by atomic mass is 16.5. The first kappa shape index (κ1) is 10.5. The molecule has 0 bridgehead atoms. The molecule has 4 heteroatoms. The van der Waals surface area contributed by atoms with Crippen molar-refractivity contribution in [3.63, 3.8) is 0 Å². The molecule has 0 unspecified atom stereocenters. The fraction of sp³-hybridized carbons (Fsp3) is 0.889. The lowest BCUT2D eigenvalue weighted by molar-refractivity contribution is -0.123. The Kier molecular flexibility index (Phi) is 3.69. The van der Waals surface area contributed by atoms with Gasteiger partial charge in [0.1, 0.15) is 0 Å². The van der Waals surface area contributed by atoms with Crippen LogP contribution in [0.5, 0.6) is 0 Å². The summed E-state index contributed by atoms with van der Waals surface area (Å²) in [6, 6.07) is -0.216. The van der Waals surface area contributed by atoms with E-state index in [0.29, 0.717) is 25.6 Å². The zero-order valence-corrected chi connectivity index (χ0v) is 8.12. The minimum Gasteiger partial charge on any atom is -0.388 e. The van der Waals surface area contributed by atoms with Gasteiger partial charge in [-0.3, -0.25) is 4.79 Å². The highest BCUT2D eigenvalue weighted by Crippen LogP contribution is 2.06. The second-order valence-electron chi connectivity index (χ2n) is 3.88. The minimum absolute atomic E-state index is 0.00968. The van der Waals surface area contributed by atoms with Crippen molar-refractivity contribution in [3.8, 4) is 0 Å². The van der Waals surface area contributed by atoms with Crippen molar-refractivity contribution in [1.82, 2.24) is 5.32 Å². The Balaban J connectivity index is 2.27. The molecular formula is C9H17NO3. The van der Waals surface area contributed by atoms with Crippen LogP contribution in [0.4, 0.5) is 0 Å². The van der Waals surface area contributed by atoms with Gasteiger partial charge in [0.25, 0.3) is 0 Å². The number of aliphatic hydroxyl groups is 1. The predicted octanol–water partition coefficient (Wildman–Crippen LogP) is -0.0916. The lowest BCUT2D eigenvalue weighted by atomic mass is 10.1. The van der Waals surface area contributed by atoms with E-state index in [0.717, 1.165) is 0 Å². The number of nitrogens with one attached hydrogen (secondary N) is 1. The third-order valence-electron chi connectivity index (χ3n) is 1.99. The Bertz CT molecular complexity index is 182. The van der Waals surface area contributed by atoms with Crippen LogP contribution in [0.3, 0.4) is 0 Å². The van der Waals surface area contributed by atoms with Gasteiger partial charge in [-0.05, 0) is 5.92 Å². The van der Waals surface area contributed by atoms with Crippen molar-refractivity contribution in [1.29, 1.82) is 0 Å². The lowest BCUT2D eigenvalue weighted by Crippen LogP contribution is -2.42. The van der Waals surface area contributed by atoms with Crippen LogP contribution in [0, 0.1) is 5.92 Å². The molecule has 0 spiro atoms. The van der Waals surface area contributed by atoms with E-state index in [4.69, 9.17) is 4.74 Å². The molecular weight excluding hydrogens is 170 g/mol. The molecule has 1 aliphatic heterocycles. The van der Waals surface area contributed by atoms with Crippen molar-refractivity contribution in [2.75, 3.05) is 13.2 Å². The van der Waals surface area contributed by atoms with Gasteiger partial charge in [-0.1, -0.05) is 13.8 Å². The van der Waals surface area contributed by atoms with Crippen molar-refractivity contribution >= 4 is 5.91 Å². The number of carbonyl (C=O) groups is 1. The van der Waals surface area contributed by atoms with Gasteiger partial charge in [-0.25, -0.2) is 0 Å². The quantitative estimate of drug-likeness (QED) is 0.649. The highest BCUT2D eigenvalue weighted by molar-refractivity contribution is 5.76. The van der Waals surface area contributed by atoms with Gasteiger partial charge >= 0.3 is 0 Å². The lowest BCUT2D eigenvalue weighted by Gasteiger charge is -2.15. The van der Waals surface area contributed by atoms with Crippen LogP contribution in [0.1, 0.15) is 20.3 Å². The van der Waals surface area contributed by atoms with Gasteiger partial charge in [-0.15, -0.1) is 0 Å². The van der Waals surface area contributed by atoms with E-state index < -0.39 is 6.10 Å². The molecule has 13 heavy (non-hydrogen) atoms. The highest BCUT2D eigenvalue weighted by Gasteiger charge is 2.27. The number of rotatable bonds is 3. The van der Waals surface area contributed by atoms with Crippen molar-refractivity contribution in [2.45, 2.75) is 32.4 Å². The average Bonchev–Trinajstić information content (AvgIpc) is 2.34. The largest absolute Gasteiger partial charge is 0.388 e. The van der Waals surface area contributed by atoms with Crippen molar-refractivity contribution < 1.29 is 14.6 Å². The van der Waals surface area contributed by atoms with Gasteiger partial charge in [0.2, 0.25) is 5.91 Å². The van der Waals surface area contributed by atoms with Gasteiger partial charge < -0.3 is 15.2 Å². The summed E-state index contributed by atoms with van der Waals surface area (Å²) in [4.78, 5) is 11.3. The molecule has 76 valence electrons. The maximum absolute atomic E-state index is 11.3. The summed E-state index contributed by atoms with van der Waals surface area (Å²) in [5.41, 5.74) is 0. The molecule has 0 saturated carbocycles. The van der Waals surface area contributed by atoms with Crippen molar-refractivity contribution in [2.24, 2.45) is 5.92 Å². The average molecular weight is 187 g/mol. The molecule has 1 amide bonds. The summed E-state index contributed by atoms with van der Waals surface area (Å²) in [7, 11) is 0. The number of hydrogen-bond donors (Lipinski definition) is 2. The SMILES string of the molecule is CC(C)CC(=O)N[C@@H]1COC[C@H]1O. The van der Waals surface area contributed by atoms with E-state index in [-0.39, 0.29) is 11.9 Å². The first-order valence-electron chi connectivity index (χ1n) is 4.64. The first-order valence-corrected chi connectivity index (χ1v) is 4.64. The van der Waals surface area contributed by atoms with Gasteiger partial charge in [0, 0.05) is 6.42 Å². The first-order chi connectivity index (χ1) is 6.09. The molecule has 0 aromatic heterocycles. The van der Waals surface area contributed by atoms with E-state index >= 15 is 0 Å². The van der Waals surface area contributed by atoms with Gasteiger partial charge in [0.05, 0.1) is 25.4 Å². The minimum atomic E-state index is -0.545. The third kappa shape index (κ3) is 3.32. The maximum Gasteiger partial charge on any atom is 0.220 e. The second kappa shape index (κ2) is 4.58. The summed E-state index contributed by atoms with van der Waals surface area (Å²) in [5, 5.41) is 12.1. The van der Waals surface area contributed by atoms with Crippen LogP contribution < -0.4 is 5.32 Å². The number of ether oxygens (including phenoxy) is 1. The third-order valence-corrected chi connectivity index (χ3v) is 1.99. The summed E-state index contributed by atoms with van der Waals surface area (Å²) in [6.45, 7) is 4.72. The standard InChI is InChI=1S/C9H17NO3/c1-6(2)3-9(12)10-7-4-13-5-8(7)11/h6-8,11H,3-5H2,1-2H3,(H,10,12)/t7-,8-/m1/s1. The summed E-state index contributed by atoms with van der Waals surface area (Å²) >= 11 is 0. The van der Waals surface area contributed by atoms with E-state index in [1.807, 2.05) is 13.8 Å². The van der Waals surface area contributed by atoms with Crippen LogP contribution in [0.15, 0.2) is 0 Å². The van der Waals surface area contributed by atoms with Crippen LogP contribution >= 0.6 is 0 Å². The molecule has 1 rings (SSSR count). The number of hydrogen-bond acceptors (Lipinski definition) is 3. The zero-order valence-electron chi connectivity index (χ0n) is 8.12. The summed E-state index contributed by atoms with van der Waals surface area (Å²) < 4.78 is 5.01. The Morgan fingerprint density at radius 1 is 1.62 bits per heavy atom. The van der Waals surface area contributed by atoms with Gasteiger partial charge in [0.15, 0.2) is 0 Å². The van der Waals surface area contributed by atoms with Crippen LogP contribution in [-0.2, 0) is 9.53 Å². The normalized spacial score (nSPS) is 28.0. The zero-order chi connectivity index (χ0) is 9.84. The fourth-order valence-electron chi connectivity index (χ4n) is 1.32. The molecule has 0 aliphatic carbocycles. The Hall–Kier alpha value is -0.610. The van der Waals surface area contributed by atoms with Crippen molar-refractivity contribution in [3.05, 3.63) is 0 Å². The molecule has 0 aromatic rings. The molecule has 2 N–H and O–H groups in total. The molecule has 1 fully saturated rings. The van der Waals surface area contributed by atoms with E-state index in [9.17, 15) is 9.90 Å². The maximum atomic E-state index is 11.3. The van der Waals surface area contributed by atoms with Crippen LogP contribution in [0.25, 0.3) is 0 Å². The number of amides is 1. The molecule has 0 radical (unpaired) electrons. The Morgan fingerprint density at radius 2 is 2.31 bits per heavy atom. The number of carbonyl (C=O) groups excluding carboxylic acids is 1. The molecule has 1 heterocycles. The smallest absolute Gasteiger partial charge is 0.220 e. The summed E-state index contributed by atoms with van der Waals surface area (Å²) in [5.74, 6) is 0.337. The van der Waals surface area contributed by atoms with E-state index in [2.05, 4.69) is 5.32 Å². The second-order valence-corrected chi connectivity index (χ2v) is 3.88. The monoisotopic (exact) mass is 187 g/mol. The molecule has 0 aromatic carbocycles.